The van der Waals surface area contributed by atoms with E-state index in [4.69, 9.17) is 5.73 Å². The van der Waals surface area contributed by atoms with Crippen molar-refractivity contribution in [3.63, 3.8) is 0 Å². The highest BCUT2D eigenvalue weighted by Gasteiger charge is 2.27. The van der Waals surface area contributed by atoms with E-state index in [2.05, 4.69) is 5.10 Å². The minimum atomic E-state index is -0.727. The topological polar surface area (TPSA) is 43.8 Å². The number of fused-ring (bicyclic) bond motifs is 1. The standard InChI is InChI=1S/C8H12FN3/c1-12-8-3-5(9)2-6(8)7(4-10)11-12/h5H,2-4,10H2,1H3. The average Bonchev–Trinajstić information content (AvgIpc) is 2.52. The van der Waals surface area contributed by atoms with E-state index in [1.807, 2.05) is 7.05 Å². The van der Waals surface area contributed by atoms with Gasteiger partial charge in [0.15, 0.2) is 0 Å². The van der Waals surface area contributed by atoms with Crippen LogP contribution in [0.25, 0.3) is 0 Å². The van der Waals surface area contributed by atoms with Crippen LogP contribution in [0.4, 0.5) is 4.39 Å². The van der Waals surface area contributed by atoms with Crippen LogP contribution in [0.3, 0.4) is 0 Å². The Morgan fingerprint density at radius 1 is 1.67 bits per heavy atom. The highest BCUT2D eigenvalue weighted by Crippen LogP contribution is 2.26. The first-order valence-electron chi connectivity index (χ1n) is 4.10. The van der Waals surface area contributed by atoms with Crippen molar-refractivity contribution in [3.8, 4) is 0 Å². The van der Waals surface area contributed by atoms with E-state index >= 15 is 0 Å². The molecule has 0 radical (unpaired) electrons. The summed E-state index contributed by atoms with van der Waals surface area (Å²) in [6, 6.07) is 0. The molecule has 66 valence electrons. The predicted octanol–water partition coefficient (Wildman–Crippen LogP) is 0.316. The van der Waals surface area contributed by atoms with Gasteiger partial charge in [-0.25, -0.2) is 4.39 Å². The summed E-state index contributed by atoms with van der Waals surface area (Å²) in [5, 5.41) is 4.21. The maximum atomic E-state index is 13.0. The van der Waals surface area contributed by atoms with E-state index < -0.39 is 6.17 Å². The summed E-state index contributed by atoms with van der Waals surface area (Å²) in [6.45, 7) is 0.413. The molecule has 0 aromatic carbocycles. The predicted molar refractivity (Wildman–Crippen MR) is 43.4 cm³/mol. The Hall–Kier alpha value is -0.900. The third-order valence-electron chi connectivity index (χ3n) is 2.39. The number of hydrogen-bond acceptors (Lipinski definition) is 2. The maximum Gasteiger partial charge on any atom is 0.110 e. The molecule has 0 amide bonds. The summed E-state index contributed by atoms with van der Waals surface area (Å²) in [5.41, 5.74) is 8.39. The van der Waals surface area contributed by atoms with Crippen LogP contribution < -0.4 is 5.73 Å². The van der Waals surface area contributed by atoms with Crippen molar-refractivity contribution < 1.29 is 4.39 Å². The van der Waals surface area contributed by atoms with E-state index in [0.717, 1.165) is 17.0 Å². The van der Waals surface area contributed by atoms with E-state index in [9.17, 15) is 4.39 Å². The number of hydrogen-bond donors (Lipinski definition) is 1. The molecule has 1 aromatic rings. The van der Waals surface area contributed by atoms with Crippen LogP contribution in [-0.4, -0.2) is 16.0 Å². The molecule has 3 nitrogen and oxygen atoms in total. The molecule has 0 saturated heterocycles. The molecule has 4 heteroatoms. The van der Waals surface area contributed by atoms with Crippen molar-refractivity contribution in [2.24, 2.45) is 12.8 Å². The van der Waals surface area contributed by atoms with Gasteiger partial charge in [-0.15, -0.1) is 0 Å². The van der Waals surface area contributed by atoms with Crippen molar-refractivity contribution in [1.29, 1.82) is 0 Å². The Bertz CT molecular complexity index is 305. The van der Waals surface area contributed by atoms with Crippen molar-refractivity contribution >= 4 is 0 Å². The molecule has 1 unspecified atom stereocenters. The average molecular weight is 169 g/mol. The van der Waals surface area contributed by atoms with E-state index in [-0.39, 0.29) is 0 Å². The Morgan fingerprint density at radius 2 is 2.42 bits per heavy atom. The number of aromatic nitrogens is 2. The first-order valence-corrected chi connectivity index (χ1v) is 4.10. The molecule has 1 aromatic heterocycles. The summed E-state index contributed by atoms with van der Waals surface area (Å²) in [5.74, 6) is 0. The lowest BCUT2D eigenvalue weighted by atomic mass is 10.2. The molecule has 2 rings (SSSR count). The van der Waals surface area contributed by atoms with Crippen LogP contribution in [0.15, 0.2) is 0 Å². The normalized spacial score (nSPS) is 21.4. The van der Waals surface area contributed by atoms with Crippen molar-refractivity contribution in [1.82, 2.24) is 9.78 Å². The van der Waals surface area contributed by atoms with Crippen LogP contribution in [0, 0.1) is 0 Å². The molecule has 0 spiro atoms. The summed E-state index contributed by atoms with van der Waals surface area (Å²) in [6.07, 6.45) is 0.267. The number of alkyl halides is 1. The molecule has 1 aliphatic carbocycles. The van der Waals surface area contributed by atoms with Gasteiger partial charge in [-0.3, -0.25) is 4.68 Å². The second kappa shape index (κ2) is 2.55. The third-order valence-corrected chi connectivity index (χ3v) is 2.39. The molecule has 2 N–H and O–H groups in total. The monoisotopic (exact) mass is 169 g/mol. The Morgan fingerprint density at radius 3 is 3.08 bits per heavy atom. The third kappa shape index (κ3) is 0.948. The van der Waals surface area contributed by atoms with Crippen LogP contribution in [0.1, 0.15) is 17.0 Å². The van der Waals surface area contributed by atoms with Crippen molar-refractivity contribution in [2.45, 2.75) is 25.6 Å². The number of aryl methyl sites for hydroxylation is 1. The smallest absolute Gasteiger partial charge is 0.110 e. The first-order chi connectivity index (χ1) is 5.72. The Balaban J connectivity index is 2.45. The number of nitrogens with zero attached hydrogens (tertiary/aromatic N) is 2. The van der Waals surface area contributed by atoms with E-state index in [0.29, 0.717) is 19.4 Å². The van der Waals surface area contributed by atoms with Crippen molar-refractivity contribution in [2.75, 3.05) is 0 Å². The number of halogens is 1. The molecule has 1 atom stereocenters. The summed E-state index contributed by atoms with van der Waals surface area (Å²) >= 11 is 0. The lowest BCUT2D eigenvalue weighted by molar-refractivity contribution is 0.343. The zero-order valence-corrected chi connectivity index (χ0v) is 7.05. The van der Waals surface area contributed by atoms with Gasteiger partial charge < -0.3 is 5.73 Å². The van der Waals surface area contributed by atoms with Gasteiger partial charge >= 0.3 is 0 Å². The zero-order valence-electron chi connectivity index (χ0n) is 7.05. The van der Waals surface area contributed by atoms with Crippen LogP contribution >= 0.6 is 0 Å². The van der Waals surface area contributed by atoms with E-state index in [1.165, 1.54) is 0 Å². The second-order valence-electron chi connectivity index (χ2n) is 3.21. The fourth-order valence-corrected chi connectivity index (χ4v) is 1.82. The van der Waals surface area contributed by atoms with Gasteiger partial charge in [0.25, 0.3) is 0 Å². The summed E-state index contributed by atoms with van der Waals surface area (Å²) in [4.78, 5) is 0. The summed E-state index contributed by atoms with van der Waals surface area (Å²) < 4.78 is 14.7. The van der Waals surface area contributed by atoms with Gasteiger partial charge in [0, 0.05) is 37.7 Å². The highest BCUT2D eigenvalue weighted by atomic mass is 19.1. The van der Waals surface area contributed by atoms with E-state index in [1.54, 1.807) is 4.68 Å². The van der Waals surface area contributed by atoms with Crippen molar-refractivity contribution in [3.05, 3.63) is 17.0 Å². The molecule has 0 saturated carbocycles. The molecular weight excluding hydrogens is 157 g/mol. The molecule has 1 aliphatic rings. The fourth-order valence-electron chi connectivity index (χ4n) is 1.82. The fraction of sp³-hybridized carbons (Fsp3) is 0.625. The Kier molecular flexibility index (Phi) is 1.65. The first kappa shape index (κ1) is 7.73. The molecule has 12 heavy (non-hydrogen) atoms. The van der Waals surface area contributed by atoms with Gasteiger partial charge in [0.05, 0.1) is 5.69 Å². The minimum absolute atomic E-state index is 0.413. The lowest BCUT2D eigenvalue weighted by Crippen LogP contribution is -2.06. The quantitative estimate of drug-likeness (QED) is 0.657. The molecule has 1 heterocycles. The van der Waals surface area contributed by atoms with Crippen LogP contribution in [-0.2, 0) is 26.4 Å². The zero-order chi connectivity index (χ0) is 8.72. The second-order valence-corrected chi connectivity index (χ2v) is 3.21. The maximum absolute atomic E-state index is 13.0. The SMILES string of the molecule is Cn1nc(CN)c2c1CC(F)C2. The van der Waals surface area contributed by atoms with Gasteiger partial charge in [0.1, 0.15) is 6.17 Å². The van der Waals surface area contributed by atoms with Gasteiger partial charge in [-0.1, -0.05) is 0 Å². The molecule has 0 bridgehead atoms. The molecular formula is C8H12FN3. The van der Waals surface area contributed by atoms with Gasteiger partial charge in [-0.2, -0.15) is 5.10 Å². The largest absolute Gasteiger partial charge is 0.325 e. The van der Waals surface area contributed by atoms with Gasteiger partial charge in [0.2, 0.25) is 0 Å². The summed E-state index contributed by atoms with van der Waals surface area (Å²) in [7, 11) is 1.84. The van der Waals surface area contributed by atoms with Crippen LogP contribution in [0.5, 0.6) is 0 Å². The minimum Gasteiger partial charge on any atom is -0.325 e. The Labute approximate surface area is 70.4 Å². The number of nitrogens with two attached hydrogens (primary N) is 1. The van der Waals surface area contributed by atoms with Gasteiger partial charge in [-0.05, 0) is 0 Å². The number of rotatable bonds is 1. The highest BCUT2D eigenvalue weighted by molar-refractivity contribution is 5.32. The van der Waals surface area contributed by atoms with Crippen LogP contribution in [0.2, 0.25) is 0 Å². The molecule has 0 fully saturated rings. The lowest BCUT2D eigenvalue weighted by Gasteiger charge is -1.97. The molecule has 0 aliphatic heterocycles.